The van der Waals surface area contributed by atoms with Gasteiger partial charge in [0, 0.05) is 23.8 Å². The molecule has 120 valence electrons. The number of carbonyl (C=O) groups is 1. The van der Waals surface area contributed by atoms with Crippen LogP contribution >= 0.6 is 11.6 Å². The van der Waals surface area contributed by atoms with Crippen LogP contribution in [0.1, 0.15) is 18.1 Å². The van der Waals surface area contributed by atoms with Crippen molar-refractivity contribution in [2.24, 2.45) is 0 Å². The van der Waals surface area contributed by atoms with Gasteiger partial charge in [-0.1, -0.05) is 48.9 Å². The van der Waals surface area contributed by atoms with E-state index in [-0.39, 0.29) is 5.91 Å². The molecule has 2 aromatic rings. The largest absolute Gasteiger partial charge is 0.311 e. The van der Waals surface area contributed by atoms with Crippen molar-refractivity contribution in [1.29, 1.82) is 0 Å². The Morgan fingerprint density at radius 2 is 2.04 bits per heavy atom. The summed E-state index contributed by atoms with van der Waals surface area (Å²) in [6.07, 6.45) is 0.947. The first-order valence-corrected chi connectivity index (χ1v) is 8.40. The molecule has 0 atom stereocenters. The first kappa shape index (κ1) is 16.0. The Kier molecular flexibility index (Phi) is 4.99. The van der Waals surface area contributed by atoms with E-state index >= 15 is 0 Å². The first-order valence-electron chi connectivity index (χ1n) is 8.02. The second-order valence-corrected chi connectivity index (χ2v) is 6.29. The lowest BCUT2D eigenvalue weighted by molar-refractivity contribution is -0.119. The molecule has 0 spiro atoms. The van der Waals surface area contributed by atoms with Gasteiger partial charge in [-0.25, -0.2) is 0 Å². The number of para-hydroxylation sites is 1. The van der Waals surface area contributed by atoms with E-state index in [1.807, 2.05) is 47.4 Å². The monoisotopic (exact) mass is 328 g/mol. The molecular weight excluding hydrogens is 308 g/mol. The predicted molar refractivity (Wildman–Crippen MR) is 94.9 cm³/mol. The normalized spacial score (nSPS) is 13.4. The highest BCUT2D eigenvalue weighted by atomic mass is 35.5. The third-order valence-electron chi connectivity index (χ3n) is 4.29. The van der Waals surface area contributed by atoms with Crippen molar-refractivity contribution in [1.82, 2.24) is 4.90 Å². The van der Waals surface area contributed by atoms with Crippen LogP contribution in [0, 0.1) is 0 Å². The number of hydrogen-bond acceptors (Lipinski definition) is 2. The first-order chi connectivity index (χ1) is 11.2. The zero-order chi connectivity index (χ0) is 16.2. The van der Waals surface area contributed by atoms with Gasteiger partial charge in [-0.15, -0.1) is 0 Å². The van der Waals surface area contributed by atoms with E-state index in [0.29, 0.717) is 6.54 Å². The Labute approximate surface area is 142 Å². The fraction of sp³-hybridized carbons (Fsp3) is 0.316. The topological polar surface area (TPSA) is 23.6 Å². The Morgan fingerprint density at radius 1 is 1.22 bits per heavy atom. The molecule has 0 saturated carbocycles. The lowest BCUT2D eigenvalue weighted by atomic mass is 10.2. The molecule has 0 aromatic heterocycles. The van der Waals surface area contributed by atoms with E-state index in [2.05, 4.69) is 17.9 Å². The summed E-state index contributed by atoms with van der Waals surface area (Å²) in [5.74, 6) is 0.166. The van der Waals surface area contributed by atoms with E-state index in [1.54, 1.807) is 0 Å². The minimum Gasteiger partial charge on any atom is -0.311 e. The van der Waals surface area contributed by atoms with Crippen LogP contribution in [-0.2, 0) is 17.8 Å². The zero-order valence-electron chi connectivity index (χ0n) is 13.3. The van der Waals surface area contributed by atoms with Crippen LogP contribution < -0.4 is 4.90 Å². The molecule has 0 unspecified atom stereocenters. The van der Waals surface area contributed by atoms with E-state index in [9.17, 15) is 4.79 Å². The van der Waals surface area contributed by atoms with Crippen molar-refractivity contribution in [3.8, 4) is 0 Å². The molecule has 1 aliphatic heterocycles. The van der Waals surface area contributed by atoms with Crippen LogP contribution in [0.25, 0.3) is 0 Å². The standard InChI is InChI=1S/C19H21ClN2O/c1-2-21(13-15-6-5-8-17(20)12-15)14-19(23)22-11-10-16-7-3-4-9-18(16)22/h3-9,12H,2,10-11,13-14H2,1H3. The molecule has 1 aliphatic rings. The molecule has 0 aliphatic carbocycles. The molecule has 0 bridgehead atoms. The van der Waals surface area contributed by atoms with Gasteiger partial charge in [-0.05, 0) is 42.3 Å². The minimum absolute atomic E-state index is 0.166. The number of benzene rings is 2. The van der Waals surface area contributed by atoms with Gasteiger partial charge in [0.1, 0.15) is 0 Å². The molecular formula is C19H21ClN2O. The fourth-order valence-electron chi connectivity index (χ4n) is 3.05. The van der Waals surface area contributed by atoms with Crippen molar-refractivity contribution in [2.45, 2.75) is 19.9 Å². The van der Waals surface area contributed by atoms with E-state index in [1.165, 1.54) is 5.56 Å². The molecule has 0 N–H and O–H groups in total. The molecule has 23 heavy (non-hydrogen) atoms. The SMILES string of the molecule is CCN(CC(=O)N1CCc2ccccc21)Cc1cccc(Cl)c1. The average Bonchev–Trinajstić information content (AvgIpc) is 2.98. The van der Waals surface area contributed by atoms with Crippen molar-refractivity contribution in [3.63, 3.8) is 0 Å². The predicted octanol–water partition coefficient (Wildman–Crippen LogP) is 3.75. The number of halogens is 1. The number of anilines is 1. The van der Waals surface area contributed by atoms with Gasteiger partial charge in [0.05, 0.1) is 6.54 Å². The molecule has 1 amide bonds. The summed E-state index contributed by atoms with van der Waals surface area (Å²) in [6.45, 7) is 4.85. The van der Waals surface area contributed by atoms with Crippen molar-refractivity contribution in [3.05, 3.63) is 64.7 Å². The van der Waals surface area contributed by atoms with Gasteiger partial charge >= 0.3 is 0 Å². The lowest BCUT2D eigenvalue weighted by Gasteiger charge is -2.24. The van der Waals surface area contributed by atoms with Crippen LogP contribution in [0.15, 0.2) is 48.5 Å². The molecule has 3 rings (SSSR count). The second kappa shape index (κ2) is 7.16. The summed E-state index contributed by atoms with van der Waals surface area (Å²) in [7, 11) is 0. The van der Waals surface area contributed by atoms with Gasteiger partial charge in [-0.2, -0.15) is 0 Å². The van der Waals surface area contributed by atoms with Gasteiger partial charge in [0.2, 0.25) is 5.91 Å². The molecule has 3 nitrogen and oxygen atoms in total. The van der Waals surface area contributed by atoms with Crippen molar-refractivity contribution in [2.75, 3.05) is 24.5 Å². The number of hydrogen-bond donors (Lipinski definition) is 0. The summed E-state index contributed by atoms with van der Waals surface area (Å²) in [5.41, 5.74) is 3.46. The zero-order valence-corrected chi connectivity index (χ0v) is 14.1. The number of nitrogens with zero attached hydrogens (tertiary/aromatic N) is 2. The Hall–Kier alpha value is -1.84. The Morgan fingerprint density at radius 3 is 2.83 bits per heavy atom. The van der Waals surface area contributed by atoms with Crippen LogP contribution in [0.2, 0.25) is 5.02 Å². The third kappa shape index (κ3) is 3.74. The molecule has 0 fully saturated rings. The van der Waals surface area contributed by atoms with Gasteiger partial charge in [0.25, 0.3) is 0 Å². The van der Waals surface area contributed by atoms with Gasteiger partial charge in [0.15, 0.2) is 0 Å². The second-order valence-electron chi connectivity index (χ2n) is 5.86. The van der Waals surface area contributed by atoms with E-state index < -0.39 is 0 Å². The summed E-state index contributed by atoms with van der Waals surface area (Å²) < 4.78 is 0. The Bertz CT molecular complexity index is 701. The molecule has 4 heteroatoms. The molecule has 0 saturated heterocycles. The smallest absolute Gasteiger partial charge is 0.241 e. The lowest BCUT2D eigenvalue weighted by Crippen LogP contribution is -2.39. The number of amides is 1. The molecule has 2 aromatic carbocycles. The van der Waals surface area contributed by atoms with Crippen molar-refractivity contribution < 1.29 is 4.79 Å². The van der Waals surface area contributed by atoms with Crippen LogP contribution in [0.5, 0.6) is 0 Å². The van der Waals surface area contributed by atoms with Gasteiger partial charge < -0.3 is 4.90 Å². The number of fused-ring (bicyclic) bond motifs is 1. The molecule has 1 heterocycles. The number of likely N-dealkylation sites (N-methyl/N-ethyl adjacent to an activating group) is 1. The highest BCUT2D eigenvalue weighted by molar-refractivity contribution is 6.30. The fourth-order valence-corrected chi connectivity index (χ4v) is 3.26. The summed E-state index contributed by atoms with van der Waals surface area (Å²) >= 11 is 6.04. The highest BCUT2D eigenvalue weighted by Crippen LogP contribution is 2.27. The van der Waals surface area contributed by atoms with Crippen LogP contribution in [-0.4, -0.2) is 30.4 Å². The van der Waals surface area contributed by atoms with Crippen LogP contribution in [0.4, 0.5) is 5.69 Å². The average molecular weight is 329 g/mol. The number of carbonyl (C=O) groups excluding carboxylic acids is 1. The maximum Gasteiger partial charge on any atom is 0.241 e. The van der Waals surface area contributed by atoms with Crippen molar-refractivity contribution >= 4 is 23.2 Å². The number of rotatable bonds is 5. The summed E-state index contributed by atoms with van der Waals surface area (Å²) in [5, 5.41) is 0.735. The van der Waals surface area contributed by atoms with Crippen LogP contribution in [0.3, 0.4) is 0 Å². The third-order valence-corrected chi connectivity index (χ3v) is 4.52. The van der Waals surface area contributed by atoms with E-state index in [0.717, 1.165) is 42.3 Å². The summed E-state index contributed by atoms with van der Waals surface area (Å²) in [4.78, 5) is 16.8. The maximum atomic E-state index is 12.7. The highest BCUT2D eigenvalue weighted by Gasteiger charge is 2.25. The Balaban J connectivity index is 1.66. The molecule has 0 radical (unpaired) electrons. The maximum absolute atomic E-state index is 12.7. The van der Waals surface area contributed by atoms with E-state index in [4.69, 9.17) is 11.6 Å². The van der Waals surface area contributed by atoms with Gasteiger partial charge in [-0.3, -0.25) is 9.69 Å². The minimum atomic E-state index is 0.166. The quantitative estimate of drug-likeness (QED) is 0.834. The summed E-state index contributed by atoms with van der Waals surface area (Å²) in [6, 6.07) is 16.0.